The number of ether oxygens (including phenoxy) is 1. The first-order chi connectivity index (χ1) is 8.17. The van der Waals surface area contributed by atoms with Crippen LogP contribution < -0.4 is 9.46 Å². The molecule has 1 rings (SSSR count). The molecule has 0 saturated carbocycles. The van der Waals surface area contributed by atoms with Gasteiger partial charge in [0, 0.05) is 23.9 Å². The summed E-state index contributed by atoms with van der Waals surface area (Å²) in [5.74, 6) is 0.473. The van der Waals surface area contributed by atoms with Crippen LogP contribution in [0, 0.1) is 0 Å². The standard InChI is InChI=1S/C10H14N2O4S/c1-16-10-9(3-2-4-12-17(14)15)5-8(7-13)6-11-10/h5-7,12H,2-4H2,1H3,(H,14,15). The van der Waals surface area contributed by atoms with Crippen molar-refractivity contribution in [3.8, 4) is 5.88 Å². The Bertz CT molecular complexity index is 411. The molecule has 7 heteroatoms. The molecule has 1 unspecified atom stereocenters. The summed E-state index contributed by atoms with van der Waals surface area (Å²) in [5.41, 5.74) is 1.29. The number of pyridine rings is 1. The Morgan fingerprint density at radius 1 is 1.65 bits per heavy atom. The topological polar surface area (TPSA) is 88.5 Å². The predicted molar refractivity (Wildman–Crippen MR) is 63.3 cm³/mol. The van der Waals surface area contributed by atoms with E-state index in [9.17, 15) is 9.00 Å². The average Bonchev–Trinajstić information content (AvgIpc) is 2.34. The van der Waals surface area contributed by atoms with Crippen LogP contribution in [0.5, 0.6) is 5.88 Å². The van der Waals surface area contributed by atoms with Crippen molar-refractivity contribution in [1.29, 1.82) is 0 Å². The summed E-state index contributed by atoms with van der Waals surface area (Å²) in [6.45, 7) is 0.400. The molecule has 0 bridgehead atoms. The second kappa shape index (κ2) is 7.10. The van der Waals surface area contributed by atoms with Gasteiger partial charge in [-0.05, 0) is 18.9 Å². The summed E-state index contributed by atoms with van der Waals surface area (Å²) >= 11 is -1.99. The third kappa shape index (κ3) is 4.59. The van der Waals surface area contributed by atoms with E-state index < -0.39 is 11.3 Å². The van der Waals surface area contributed by atoms with Crippen molar-refractivity contribution in [1.82, 2.24) is 9.71 Å². The minimum Gasteiger partial charge on any atom is -0.481 e. The number of carbonyl (C=O) groups is 1. The van der Waals surface area contributed by atoms with Gasteiger partial charge in [0.1, 0.15) is 0 Å². The molecule has 6 nitrogen and oxygen atoms in total. The molecule has 0 aliphatic carbocycles. The SMILES string of the molecule is COc1ncc(C=O)cc1CCCNS(=O)O. The van der Waals surface area contributed by atoms with Gasteiger partial charge in [0.2, 0.25) is 17.1 Å². The van der Waals surface area contributed by atoms with Gasteiger partial charge in [0.05, 0.1) is 7.11 Å². The molecule has 0 saturated heterocycles. The summed E-state index contributed by atoms with van der Waals surface area (Å²) < 4.78 is 26.3. The van der Waals surface area contributed by atoms with Gasteiger partial charge < -0.3 is 4.74 Å². The molecule has 0 fully saturated rings. The molecule has 94 valence electrons. The lowest BCUT2D eigenvalue weighted by molar-refractivity contribution is 0.112. The predicted octanol–water partition coefficient (Wildman–Crippen LogP) is 0.562. The smallest absolute Gasteiger partial charge is 0.231 e. The van der Waals surface area contributed by atoms with Crippen molar-refractivity contribution in [3.63, 3.8) is 0 Å². The average molecular weight is 258 g/mol. The van der Waals surface area contributed by atoms with E-state index in [1.54, 1.807) is 6.07 Å². The first-order valence-electron chi connectivity index (χ1n) is 5.00. The number of aldehydes is 1. The highest BCUT2D eigenvalue weighted by Gasteiger charge is 2.06. The zero-order valence-corrected chi connectivity index (χ0v) is 10.2. The van der Waals surface area contributed by atoms with Crippen LogP contribution in [0.15, 0.2) is 12.3 Å². The Labute approximate surface area is 102 Å². The van der Waals surface area contributed by atoms with E-state index in [-0.39, 0.29) is 0 Å². The van der Waals surface area contributed by atoms with Crippen molar-refractivity contribution in [2.75, 3.05) is 13.7 Å². The highest BCUT2D eigenvalue weighted by molar-refractivity contribution is 7.77. The van der Waals surface area contributed by atoms with Crippen LogP contribution in [0.3, 0.4) is 0 Å². The van der Waals surface area contributed by atoms with Crippen LogP contribution in [0.25, 0.3) is 0 Å². The molecule has 0 amide bonds. The van der Waals surface area contributed by atoms with E-state index in [1.165, 1.54) is 13.3 Å². The second-order valence-corrected chi connectivity index (χ2v) is 4.09. The Morgan fingerprint density at radius 2 is 2.41 bits per heavy atom. The Balaban J connectivity index is 2.61. The lowest BCUT2D eigenvalue weighted by Gasteiger charge is -2.07. The largest absolute Gasteiger partial charge is 0.481 e. The quantitative estimate of drug-likeness (QED) is 0.424. The zero-order chi connectivity index (χ0) is 12.7. The minimum absolute atomic E-state index is 0.400. The van der Waals surface area contributed by atoms with E-state index in [0.29, 0.717) is 30.8 Å². The number of rotatable bonds is 7. The Hall–Kier alpha value is -1.31. The number of nitrogens with one attached hydrogen (secondary N) is 1. The van der Waals surface area contributed by atoms with E-state index in [2.05, 4.69) is 9.71 Å². The third-order valence-electron chi connectivity index (χ3n) is 2.12. The molecule has 1 heterocycles. The summed E-state index contributed by atoms with van der Waals surface area (Å²) in [7, 11) is 1.51. The fourth-order valence-corrected chi connectivity index (χ4v) is 1.70. The van der Waals surface area contributed by atoms with Crippen molar-refractivity contribution in [2.24, 2.45) is 0 Å². The van der Waals surface area contributed by atoms with Gasteiger partial charge in [-0.3, -0.25) is 9.35 Å². The van der Waals surface area contributed by atoms with E-state index >= 15 is 0 Å². The van der Waals surface area contributed by atoms with Gasteiger partial charge in [-0.15, -0.1) is 0 Å². The van der Waals surface area contributed by atoms with Gasteiger partial charge >= 0.3 is 0 Å². The highest BCUT2D eigenvalue weighted by Crippen LogP contribution is 2.17. The molecule has 0 aromatic carbocycles. The number of nitrogens with zero attached hydrogens (tertiary/aromatic N) is 1. The first-order valence-corrected chi connectivity index (χ1v) is 6.10. The van der Waals surface area contributed by atoms with Crippen LogP contribution in [-0.4, -0.2) is 33.7 Å². The molecule has 1 atom stereocenters. The maximum Gasteiger partial charge on any atom is 0.231 e. The zero-order valence-electron chi connectivity index (χ0n) is 9.38. The second-order valence-electron chi connectivity index (χ2n) is 3.30. The summed E-state index contributed by atoms with van der Waals surface area (Å²) in [4.78, 5) is 14.6. The van der Waals surface area contributed by atoms with E-state index in [0.717, 1.165) is 11.8 Å². The normalized spacial score (nSPS) is 12.1. The van der Waals surface area contributed by atoms with Gasteiger partial charge in [-0.2, -0.15) is 0 Å². The van der Waals surface area contributed by atoms with Gasteiger partial charge in [0.15, 0.2) is 6.29 Å². The lowest BCUT2D eigenvalue weighted by atomic mass is 10.1. The molecule has 17 heavy (non-hydrogen) atoms. The number of aryl methyl sites for hydroxylation is 1. The highest BCUT2D eigenvalue weighted by atomic mass is 32.2. The molecule has 2 N–H and O–H groups in total. The maximum atomic E-state index is 10.6. The fraction of sp³-hybridized carbons (Fsp3) is 0.400. The number of hydrogen-bond donors (Lipinski definition) is 2. The van der Waals surface area contributed by atoms with Crippen molar-refractivity contribution >= 4 is 17.6 Å². The van der Waals surface area contributed by atoms with Gasteiger partial charge in [-0.1, -0.05) is 0 Å². The van der Waals surface area contributed by atoms with Crippen LogP contribution >= 0.6 is 0 Å². The third-order valence-corrected chi connectivity index (χ3v) is 2.58. The molecular formula is C10H14N2O4S. The molecule has 1 aromatic heterocycles. The monoisotopic (exact) mass is 258 g/mol. The molecule has 1 aromatic rings. The first kappa shape index (κ1) is 13.8. The van der Waals surface area contributed by atoms with Crippen LogP contribution in [-0.2, 0) is 17.7 Å². The molecule has 0 aliphatic heterocycles. The van der Waals surface area contributed by atoms with E-state index in [4.69, 9.17) is 9.29 Å². The van der Waals surface area contributed by atoms with Gasteiger partial charge in [0.25, 0.3) is 0 Å². The van der Waals surface area contributed by atoms with Crippen molar-refractivity contribution in [3.05, 3.63) is 23.4 Å². The van der Waals surface area contributed by atoms with Crippen LogP contribution in [0.2, 0.25) is 0 Å². The Morgan fingerprint density at radius 3 is 3.00 bits per heavy atom. The van der Waals surface area contributed by atoms with Crippen molar-refractivity contribution in [2.45, 2.75) is 12.8 Å². The number of hydrogen-bond acceptors (Lipinski definition) is 4. The number of aromatic nitrogens is 1. The maximum absolute atomic E-state index is 10.6. The van der Waals surface area contributed by atoms with Gasteiger partial charge in [-0.25, -0.2) is 13.9 Å². The van der Waals surface area contributed by atoms with Crippen LogP contribution in [0.1, 0.15) is 22.3 Å². The number of methoxy groups -OCH3 is 1. The van der Waals surface area contributed by atoms with Crippen molar-refractivity contribution < 1.29 is 18.3 Å². The Kier molecular flexibility index (Phi) is 5.75. The molecule has 0 aliphatic rings. The summed E-state index contributed by atoms with van der Waals surface area (Å²) in [6.07, 6.45) is 3.42. The van der Waals surface area contributed by atoms with Crippen LogP contribution in [0.4, 0.5) is 0 Å². The lowest BCUT2D eigenvalue weighted by Crippen LogP contribution is -2.17. The molecular weight excluding hydrogens is 244 g/mol. The minimum atomic E-state index is -1.99. The fourth-order valence-electron chi connectivity index (χ4n) is 1.38. The molecule has 0 spiro atoms. The molecule has 0 radical (unpaired) electrons. The number of carbonyl (C=O) groups excluding carboxylic acids is 1. The summed E-state index contributed by atoms with van der Waals surface area (Å²) in [5, 5.41) is 0. The van der Waals surface area contributed by atoms with E-state index in [1.807, 2.05) is 0 Å². The summed E-state index contributed by atoms with van der Waals surface area (Å²) in [6, 6.07) is 1.70.